The summed E-state index contributed by atoms with van der Waals surface area (Å²) in [5.74, 6) is 0.726. The van der Waals surface area contributed by atoms with E-state index in [-0.39, 0.29) is 54.6 Å². The van der Waals surface area contributed by atoms with Crippen molar-refractivity contribution in [2.24, 2.45) is 22.2 Å². The Morgan fingerprint density at radius 2 is 1.61 bits per heavy atom. The zero-order valence-electron chi connectivity index (χ0n) is 39.3. The summed E-state index contributed by atoms with van der Waals surface area (Å²) in [5.41, 5.74) is 5.92. The Labute approximate surface area is 377 Å². The fraction of sp³-hybridized carbons (Fsp3) is 0.520. The number of aromatic carboxylic acids is 1. The van der Waals surface area contributed by atoms with E-state index in [2.05, 4.69) is 48.4 Å². The largest absolute Gasteiger partial charge is 0.478 e. The lowest BCUT2D eigenvalue weighted by molar-refractivity contribution is -0.273. The van der Waals surface area contributed by atoms with Gasteiger partial charge in [0.15, 0.2) is 0 Å². The molecule has 0 spiro atoms. The summed E-state index contributed by atoms with van der Waals surface area (Å²) in [6, 6.07) is 12.4. The highest BCUT2D eigenvalue weighted by Gasteiger charge is 2.64. The average molecular weight is 892 g/mol. The second kappa shape index (κ2) is 22.8. The lowest BCUT2D eigenvalue weighted by Gasteiger charge is -2.24. The van der Waals surface area contributed by atoms with Crippen molar-refractivity contribution in [1.82, 2.24) is 20.2 Å². The maximum atomic E-state index is 13.8. The van der Waals surface area contributed by atoms with E-state index in [1.165, 1.54) is 37.5 Å². The zero-order chi connectivity index (χ0) is 47.4. The number of aliphatic imine (C=N–C) groups is 1. The number of benzene rings is 2. The van der Waals surface area contributed by atoms with E-state index >= 15 is 0 Å². The van der Waals surface area contributed by atoms with Crippen LogP contribution in [0.5, 0.6) is 5.88 Å². The topological polar surface area (TPSA) is 149 Å². The van der Waals surface area contributed by atoms with Crippen molar-refractivity contribution in [2.75, 3.05) is 12.0 Å². The van der Waals surface area contributed by atoms with Gasteiger partial charge in [0, 0.05) is 41.6 Å². The fourth-order valence-corrected chi connectivity index (χ4v) is 7.24. The number of aryl methyl sites for hydroxylation is 2. The second-order valence-electron chi connectivity index (χ2n) is 17.8. The van der Waals surface area contributed by atoms with Crippen LogP contribution in [0.3, 0.4) is 0 Å². The molecule has 64 heavy (non-hydrogen) atoms. The molecular weight excluding hydrogens is 822 g/mol. The minimum atomic E-state index is -4.28. The average Bonchev–Trinajstić information content (AvgIpc) is 4.18. The third-order valence-corrected chi connectivity index (χ3v) is 12.1. The van der Waals surface area contributed by atoms with Crippen molar-refractivity contribution in [3.05, 3.63) is 100 Å². The van der Waals surface area contributed by atoms with Gasteiger partial charge >= 0.3 is 12.1 Å². The van der Waals surface area contributed by atoms with Gasteiger partial charge in [-0.2, -0.15) is 18.2 Å². The molecule has 3 fully saturated rings. The van der Waals surface area contributed by atoms with Crippen molar-refractivity contribution in [3.63, 3.8) is 0 Å². The second-order valence-corrected chi connectivity index (χ2v) is 17.8. The highest BCUT2D eigenvalue weighted by Crippen LogP contribution is 2.62. The molecular formula is C50H70F3N6O5+. The predicted octanol–water partition coefficient (Wildman–Crippen LogP) is 12.9. The summed E-state index contributed by atoms with van der Waals surface area (Å²) < 4.78 is 47.7. The van der Waals surface area contributed by atoms with Crippen LogP contribution in [0.1, 0.15) is 135 Å². The Morgan fingerprint density at radius 1 is 1.00 bits per heavy atom. The number of carboxylic acid groups (broad SMARTS) is 1. The van der Waals surface area contributed by atoms with Gasteiger partial charge in [-0.25, -0.2) is 9.78 Å². The van der Waals surface area contributed by atoms with Gasteiger partial charge in [0.2, 0.25) is 11.6 Å². The first-order valence-corrected chi connectivity index (χ1v) is 22.6. The van der Waals surface area contributed by atoms with Crippen LogP contribution in [-0.2, 0) is 0 Å². The van der Waals surface area contributed by atoms with Crippen LogP contribution in [0, 0.1) is 31.1 Å². The van der Waals surface area contributed by atoms with Crippen LogP contribution in [0.15, 0.2) is 88.6 Å². The number of anilines is 1. The number of aromatic nitrogens is 2. The monoisotopic (exact) mass is 892 g/mol. The van der Waals surface area contributed by atoms with Gasteiger partial charge in [0.25, 0.3) is 5.95 Å². The molecule has 11 nitrogen and oxygen atoms in total. The number of alkyl halides is 3. The van der Waals surface area contributed by atoms with Gasteiger partial charge in [-0.15, -0.1) is 15.8 Å². The van der Waals surface area contributed by atoms with Gasteiger partial charge in [0.1, 0.15) is 6.61 Å². The molecule has 0 radical (unpaired) electrons. The van der Waals surface area contributed by atoms with Gasteiger partial charge in [-0.3, -0.25) is 4.99 Å². The van der Waals surface area contributed by atoms with E-state index in [0.717, 1.165) is 66.0 Å². The molecule has 2 saturated carbocycles. The zero-order valence-corrected chi connectivity index (χ0v) is 39.3. The third-order valence-electron chi connectivity index (χ3n) is 12.1. The molecule has 14 heteroatoms. The molecule has 2 aliphatic carbocycles. The standard InChI is InChI=1S/C41H49F3N6O5.C5H12.C4H8/c1-7-29(21-27(5)40(19-20-40)41(42,43)44)28(6)45-33(8-2)34-18-10-9-16-31(46-34)24-55-36-23-35(37-25(3)13-11-14-26(37)4)47-39(48-36)49-50(53,54)32-17-12-15-30(22-32)38(51)52;1-4-5(2)3;1-4-2-3-4/h7-8,11-15,17,21-23,31,34,46,53-54H,9-10,16,18-20,24H2,1-6H3,(H-,47,48,49,51,52);5H,4H2,1-3H3;4H,2-3H2,1H3/p+1/b27-21+,29-7-,33-8-,45-28-;;. The summed E-state index contributed by atoms with van der Waals surface area (Å²) in [7, 11) is 0. The first-order valence-electron chi connectivity index (χ1n) is 22.6. The van der Waals surface area contributed by atoms with E-state index in [0.29, 0.717) is 22.6 Å². The lowest BCUT2D eigenvalue weighted by Crippen LogP contribution is -2.48. The van der Waals surface area contributed by atoms with Gasteiger partial charge in [0.05, 0.1) is 27.3 Å². The summed E-state index contributed by atoms with van der Waals surface area (Å²) in [5, 5.41) is 35.1. The van der Waals surface area contributed by atoms with Crippen molar-refractivity contribution in [2.45, 2.75) is 145 Å². The lowest BCUT2D eigenvalue weighted by atomic mass is 9.93. The van der Waals surface area contributed by atoms with Crippen molar-refractivity contribution in [3.8, 4) is 17.1 Å². The number of quaternary nitrogens is 1. The summed E-state index contributed by atoms with van der Waals surface area (Å²) >= 11 is 0. The first kappa shape index (κ1) is 51.7. The summed E-state index contributed by atoms with van der Waals surface area (Å²) in [4.78, 5) is 23.6. The van der Waals surface area contributed by atoms with Crippen LogP contribution >= 0.6 is 0 Å². The number of hydrogen-bond donors (Lipinski definition) is 5. The van der Waals surface area contributed by atoms with Crippen LogP contribution in [0.4, 0.5) is 24.8 Å². The minimum Gasteiger partial charge on any atom is -0.478 e. The molecule has 0 bridgehead atoms. The number of halogens is 3. The Hall–Kier alpha value is -4.89. The summed E-state index contributed by atoms with van der Waals surface area (Å²) in [6.07, 6.45) is 8.99. The normalized spacial score (nSPS) is 19.4. The first-order chi connectivity index (χ1) is 30.1. The van der Waals surface area contributed by atoms with E-state index in [1.54, 1.807) is 32.1 Å². The van der Waals surface area contributed by atoms with Crippen LogP contribution in [0.25, 0.3) is 11.3 Å². The molecule has 2 atom stereocenters. The van der Waals surface area contributed by atoms with E-state index in [9.17, 15) is 33.5 Å². The predicted molar refractivity (Wildman–Crippen MR) is 250 cm³/mol. The summed E-state index contributed by atoms with van der Waals surface area (Å²) in [6.45, 7) is 20.1. The molecule has 1 saturated heterocycles. The highest BCUT2D eigenvalue weighted by molar-refractivity contribution is 6.01. The number of allylic oxidation sites excluding steroid dienone is 5. The number of carboxylic acids is 1. The van der Waals surface area contributed by atoms with Gasteiger partial charge in [-0.1, -0.05) is 108 Å². The number of nitrogens with zero attached hydrogens (tertiary/aromatic N) is 4. The van der Waals surface area contributed by atoms with E-state index in [4.69, 9.17) is 9.73 Å². The van der Waals surface area contributed by atoms with Crippen molar-refractivity contribution in [1.29, 1.82) is 0 Å². The van der Waals surface area contributed by atoms with E-state index in [1.807, 2.05) is 52.0 Å². The Kier molecular flexibility index (Phi) is 18.5. The molecule has 1 aliphatic heterocycles. The molecule has 5 N–H and O–H groups in total. The maximum absolute atomic E-state index is 13.8. The molecule has 1 aromatic heterocycles. The number of ether oxygens (including phenoxy) is 1. The van der Waals surface area contributed by atoms with Crippen molar-refractivity contribution >= 4 is 23.3 Å². The van der Waals surface area contributed by atoms with Gasteiger partial charge < -0.3 is 15.2 Å². The third kappa shape index (κ3) is 14.6. The quantitative estimate of drug-likeness (QED) is 0.0461. The van der Waals surface area contributed by atoms with Crippen molar-refractivity contribution < 1.29 is 38.2 Å². The number of rotatable bonds is 14. The molecule has 350 valence electrons. The van der Waals surface area contributed by atoms with E-state index < -0.39 is 22.5 Å². The number of hydrogen-bond acceptors (Lipinski definition) is 9. The number of nitrogens with one attached hydrogen (secondary N) is 2. The molecule has 0 amide bonds. The minimum absolute atomic E-state index is 0.104. The van der Waals surface area contributed by atoms with Crippen LogP contribution in [0.2, 0.25) is 0 Å². The molecule has 3 aliphatic rings. The van der Waals surface area contributed by atoms with Crippen LogP contribution in [-0.4, -0.2) is 62.0 Å². The Balaban J connectivity index is 0.000000896. The van der Waals surface area contributed by atoms with Crippen LogP contribution < -0.4 is 20.4 Å². The maximum Gasteiger partial charge on any atom is 0.398 e. The molecule has 6 rings (SSSR count). The molecule has 2 aromatic carbocycles. The Morgan fingerprint density at radius 3 is 2.14 bits per heavy atom. The molecule has 2 heterocycles. The molecule has 2 unspecified atom stereocenters. The fourth-order valence-electron chi connectivity index (χ4n) is 7.24. The number of carbonyl (C=O) groups is 1. The SMILES string of the molecule is C/C=C(/C=C(\C)C1(C(F)(F)F)CC1)C(\C)=N/C(=C\C)C1CCCCC(COc2cc(-c3c(C)cccc3C)nc(N[N+](O)(O)c3cccc(C(=O)O)c3)n2)N1.CC1CC1.CCC(C)C. The Bertz CT molecular complexity index is 2150. The highest BCUT2D eigenvalue weighted by atomic mass is 19.4. The van der Waals surface area contributed by atoms with Gasteiger partial charge in [-0.05, 0) is 102 Å². The smallest absolute Gasteiger partial charge is 0.398 e. The molecule has 3 aromatic rings.